The molecule has 0 aliphatic carbocycles. The molecule has 0 spiro atoms. The predicted molar refractivity (Wildman–Crippen MR) is 66.4 cm³/mol. The lowest BCUT2D eigenvalue weighted by Gasteiger charge is -2.03. The van der Waals surface area contributed by atoms with Crippen molar-refractivity contribution in [2.24, 2.45) is 0 Å². The van der Waals surface area contributed by atoms with Crippen molar-refractivity contribution in [1.29, 1.82) is 5.26 Å². The van der Waals surface area contributed by atoms with Crippen LogP contribution >= 0.6 is 0 Å². The van der Waals surface area contributed by atoms with Gasteiger partial charge in [-0.1, -0.05) is 19.9 Å². The predicted octanol–water partition coefficient (Wildman–Crippen LogP) is 2.11. The van der Waals surface area contributed by atoms with Crippen LogP contribution in [0.3, 0.4) is 0 Å². The number of nitriles is 1. The smallest absolute Gasteiger partial charge is 0.247 e. The molecule has 0 bridgehead atoms. The average molecular weight is 242 g/mol. The maximum atomic E-state index is 8.83. The van der Waals surface area contributed by atoms with Gasteiger partial charge in [-0.05, 0) is 18.2 Å². The van der Waals surface area contributed by atoms with Gasteiger partial charge in [-0.2, -0.15) is 5.26 Å². The molecular formula is C13H14N4O. The number of nitrogens with zero attached hydrogens (tertiary/aromatic N) is 3. The van der Waals surface area contributed by atoms with Gasteiger partial charge in [-0.15, -0.1) is 10.2 Å². The van der Waals surface area contributed by atoms with Crippen molar-refractivity contribution in [1.82, 2.24) is 15.5 Å². The number of benzene rings is 1. The lowest BCUT2D eigenvalue weighted by molar-refractivity contribution is 0.459. The van der Waals surface area contributed by atoms with Gasteiger partial charge in [-0.25, -0.2) is 0 Å². The lowest BCUT2D eigenvalue weighted by atomic mass is 10.1. The van der Waals surface area contributed by atoms with Crippen LogP contribution in [-0.2, 0) is 6.54 Å². The van der Waals surface area contributed by atoms with E-state index in [1.807, 2.05) is 19.9 Å². The molecule has 1 aromatic heterocycles. The Morgan fingerprint density at radius 1 is 1.39 bits per heavy atom. The zero-order chi connectivity index (χ0) is 13.0. The molecule has 0 saturated carbocycles. The van der Waals surface area contributed by atoms with E-state index in [-0.39, 0.29) is 0 Å². The summed E-state index contributed by atoms with van der Waals surface area (Å²) < 4.78 is 5.53. The topological polar surface area (TPSA) is 74.7 Å². The Bertz CT molecular complexity index is 568. The molecule has 0 unspecified atom stereocenters. The van der Waals surface area contributed by atoms with Crippen molar-refractivity contribution in [2.45, 2.75) is 26.4 Å². The van der Waals surface area contributed by atoms with Crippen LogP contribution < -0.4 is 5.32 Å². The van der Waals surface area contributed by atoms with E-state index in [2.05, 4.69) is 21.6 Å². The molecule has 1 N–H and O–H groups in total. The molecule has 2 rings (SSSR count). The van der Waals surface area contributed by atoms with E-state index in [0.29, 0.717) is 29.9 Å². The van der Waals surface area contributed by atoms with Gasteiger partial charge in [0, 0.05) is 11.6 Å². The van der Waals surface area contributed by atoms with Crippen molar-refractivity contribution < 1.29 is 4.42 Å². The average Bonchev–Trinajstić information content (AvgIpc) is 2.85. The minimum absolute atomic E-state index is 0.363. The van der Waals surface area contributed by atoms with Crippen molar-refractivity contribution >= 4 is 0 Å². The molecule has 92 valence electrons. The number of nitrogens with one attached hydrogen (secondary N) is 1. The molecule has 1 aromatic carbocycles. The number of aromatic nitrogens is 2. The van der Waals surface area contributed by atoms with E-state index < -0.39 is 0 Å². The van der Waals surface area contributed by atoms with Crippen LogP contribution in [0.25, 0.3) is 11.5 Å². The lowest BCUT2D eigenvalue weighted by Crippen LogP contribution is -2.21. The molecule has 0 fully saturated rings. The fourth-order valence-corrected chi connectivity index (χ4v) is 1.45. The summed E-state index contributed by atoms with van der Waals surface area (Å²) in [6, 6.07) is 9.55. The Morgan fingerprint density at radius 3 is 2.94 bits per heavy atom. The van der Waals surface area contributed by atoms with Crippen LogP contribution in [0.1, 0.15) is 25.3 Å². The third-order valence-electron chi connectivity index (χ3n) is 2.37. The van der Waals surface area contributed by atoms with E-state index in [0.717, 1.165) is 5.56 Å². The molecular weight excluding hydrogens is 228 g/mol. The standard InChI is InChI=1S/C13H14N4O/c1-9(2)15-8-12-16-17-13(18-12)11-5-3-4-10(6-11)7-14/h3-6,9,15H,8H2,1-2H3. The largest absolute Gasteiger partial charge is 0.419 e. The Balaban J connectivity index is 2.16. The van der Waals surface area contributed by atoms with Crippen LogP contribution in [0.4, 0.5) is 0 Å². The Kier molecular flexibility index (Phi) is 3.70. The second kappa shape index (κ2) is 5.43. The van der Waals surface area contributed by atoms with Gasteiger partial charge in [-0.3, -0.25) is 0 Å². The number of hydrogen-bond acceptors (Lipinski definition) is 5. The zero-order valence-corrected chi connectivity index (χ0v) is 10.3. The van der Waals surface area contributed by atoms with Gasteiger partial charge in [0.1, 0.15) is 0 Å². The van der Waals surface area contributed by atoms with Crippen LogP contribution in [0.2, 0.25) is 0 Å². The highest BCUT2D eigenvalue weighted by Gasteiger charge is 2.09. The molecule has 2 aromatic rings. The molecule has 0 aliphatic rings. The summed E-state index contributed by atoms with van der Waals surface area (Å²) in [6.45, 7) is 4.64. The molecule has 0 aliphatic heterocycles. The van der Waals surface area contributed by atoms with Crippen molar-refractivity contribution in [2.75, 3.05) is 0 Å². The van der Waals surface area contributed by atoms with Gasteiger partial charge >= 0.3 is 0 Å². The normalized spacial score (nSPS) is 10.6. The fourth-order valence-electron chi connectivity index (χ4n) is 1.45. The maximum Gasteiger partial charge on any atom is 0.247 e. The van der Waals surface area contributed by atoms with Crippen LogP contribution in [0.5, 0.6) is 0 Å². The van der Waals surface area contributed by atoms with Gasteiger partial charge in [0.15, 0.2) is 0 Å². The Labute approximate surface area is 105 Å². The maximum absolute atomic E-state index is 8.83. The Morgan fingerprint density at radius 2 is 2.22 bits per heavy atom. The first-order chi connectivity index (χ1) is 8.69. The van der Waals surface area contributed by atoms with E-state index in [4.69, 9.17) is 9.68 Å². The molecule has 5 heteroatoms. The second-order valence-electron chi connectivity index (χ2n) is 4.23. The van der Waals surface area contributed by atoms with E-state index in [1.54, 1.807) is 18.2 Å². The first-order valence-corrected chi connectivity index (χ1v) is 5.75. The Hall–Kier alpha value is -2.19. The highest BCUT2D eigenvalue weighted by atomic mass is 16.4. The fraction of sp³-hybridized carbons (Fsp3) is 0.308. The SMILES string of the molecule is CC(C)NCc1nnc(-c2cccc(C#N)c2)o1. The van der Waals surface area contributed by atoms with E-state index >= 15 is 0 Å². The first-order valence-electron chi connectivity index (χ1n) is 5.75. The summed E-state index contributed by atoms with van der Waals surface area (Å²) in [4.78, 5) is 0. The second-order valence-corrected chi connectivity index (χ2v) is 4.23. The van der Waals surface area contributed by atoms with Crippen LogP contribution in [0, 0.1) is 11.3 Å². The number of hydrogen-bond donors (Lipinski definition) is 1. The zero-order valence-electron chi connectivity index (χ0n) is 10.3. The summed E-state index contributed by atoms with van der Waals surface area (Å²) in [5, 5.41) is 20.0. The van der Waals surface area contributed by atoms with Crippen molar-refractivity contribution in [3.05, 3.63) is 35.7 Å². The van der Waals surface area contributed by atoms with Gasteiger partial charge in [0.25, 0.3) is 0 Å². The first kappa shape index (κ1) is 12.3. The van der Waals surface area contributed by atoms with Crippen molar-refractivity contribution in [3.8, 4) is 17.5 Å². The summed E-state index contributed by atoms with van der Waals surface area (Å²) in [6.07, 6.45) is 0. The summed E-state index contributed by atoms with van der Waals surface area (Å²) in [7, 11) is 0. The monoisotopic (exact) mass is 242 g/mol. The van der Waals surface area contributed by atoms with Gasteiger partial charge < -0.3 is 9.73 Å². The molecule has 1 heterocycles. The summed E-state index contributed by atoms with van der Waals surface area (Å²) in [5.74, 6) is 0.980. The van der Waals surface area contributed by atoms with Crippen LogP contribution in [-0.4, -0.2) is 16.2 Å². The van der Waals surface area contributed by atoms with Crippen LogP contribution in [0.15, 0.2) is 28.7 Å². The molecule has 0 saturated heterocycles. The summed E-state index contributed by atoms with van der Waals surface area (Å²) in [5.41, 5.74) is 1.34. The molecule has 18 heavy (non-hydrogen) atoms. The molecule has 0 radical (unpaired) electrons. The minimum atomic E-state index is 0.363. The van der Waals surface area contributed by atoms with E-state index in [9.17, 15) is 0 Å². The molecule has 0 amide bonds. The quantitative estimate of drug-likeness (QED) is 0.888. The van der Waals surface area contributed by atoms with Gasteiger partial charge in [0.2, 0.25) is 11.8 Å². The number of rotatable bonds is 4. The third-order valence-corrected chi connectivity index (χ3v) is 2.37. The molecule has 5 nitrogen and oxygen atoms in total. The summed E-state index contributed by atoms with van der Waals surface area (Å²) >= 11 is 0. The van der Waals surface area contributed by atoms with E-state index in [1.165, 1.54) is 0 Å². The van der Waals surface area contributed by atoms with Crippen molar-refractivity contribution in [3.63, 3.8) is 0 Å². The third kappa shape index (κ3) is 2.93. The highest BCUT2D eigenvalue weighted by Crippen LogP contribution is 2.18. The van der Waals surface area contributed by atoms with Gasteiger partial charge in [0.05, 0.1) is 18.2 Å². The minimum Gasteiger partial charge on any atom is -0.419 e. The highest BCUT2D eigenvalue weighted by molar-refractivity contribution is 5.55. The molecule has 0 atom stereocenters.